The Balaban J connectivity index is 2.08. The fraction of sp³-hybridized carbons (Fsp3) is 0.294. The Morgan fingerprint density at radius 3 is 2.72 bits per heavy atom. The van der Waals surface area contributed by atoms with Crippen molar-refractivity contribution in [2.24, 2.45) is 5.73 Å². The molecular weight excluding hydrogens is 342 g/mol. The number of hydrogen-bond acceptors (Lipinski definition) is 7. The predicted molar refractivity (Wildman–Crippen MR) is 95.3 cm³/mol. The van der Waals surface area contributed by atoms with Gasteiger partial charge in [-0.1, -0.05) is 0 Å². The maximum Gasteiger partial charge on any atom is 0.323 e. The minimum Gasteiger partial charge on any atom is -0.493 e. The molecule has 1 atom stereocenters. The maximum atomic E-state index is 11.7. The number of ether oxygens (including phenoxy) is 3. The lowest BCUT2D eigenvalue weighted by Gasteiger charge is -2.12. The summed E-state index contributed by atoms with van der Waals surface area (Å²) in [5, 5.41) is 1.94. The lowest BCUT2D eigenvalue weighted by atomic mass is 10.0. The Bertz CT molecular complexity index is 903. The summed E-state index contributed by atoms with van der Waals surface area (Å²) in [7, 11) is 4.50. The van der Waals surface area contributed by atoms with Crippen LogP contribution in [-0.2, 0) is 16.0 Å². The van der Waals surface area contributed by atoms with Gasteiger partial charge in [-0.25, -0.2) is 4.98 Å². The van der Waals surface area contributed by atoms with Crippen molar-refractivity contribution < 1.29 is 19.0 Å². The molecule has 8 heteroatoms. The van der Waals surface area contributed by atoms with Crippen LogP contribution in [0.5, 0.6) is 11.5 Å². The van der Waals surface area contributed by atoms with Crippen LogP contribution in [0, 0.1) is 0 Å². The van der Waals surface area contributed by atoms with Crippen molar-refractivity contribution in [1.29, 1.82) is 0 Å². The molecule has 0 amide bonds. The molecule has 2 aromatic heterocycles. The van der Waals surface area contributed by atoms with Crippen LogP contribution in [-0.4, -0.2) is 42.7 Å². The smallest absolute Gasteiger partial charge is 0.323 e. The standard InChI is InChI=1S/C17H19N3O4S/c1-22-13-5-4-10(8-14(13)23-2)15-12(9-11(18)16(21)24-3)20-6-7-25-17(20)19-15/h4-8,11H,9,18H2,1-3H3. The number of thiazole rings is 1. The van der Waals surface area contributed by atoms with Crippen molar-refractivity contribution in [1.82, 2.24) is 9.38 Å². The molecule has 0 bridgehead atoms. The number of nitrogens with zero attached hydrogens (tertiary/aromatic N) is 2. The normalized spacial score (nSPS) is 12.2. The zero-order valence-corrected chi connectivity index (χ0v) is 15.0. The Morgan fingerprint density at radius 2 is 2.04 bits per heavy atom. The van der Waals surface area contributed by atoms with Crippen molar-refractivity contribution >= 4 is 22.3 Å². The van der Waals surface area contributed by atoms with E-state index in [-0.39, 0.29) is 0 Å². The second-order valence-electron chi connectivity index (χ2n) is 5.37. The van der Waals surface area contributed by atoms with E-state index in [1.807, 2.05) is 34.2 Å². The summed E-state index contributed by atoms with van der Waals surface area (Å²) in [6.45, 7) is 0. The Labute approximate surface area is 148 Å². The topological polar surface area (TPSA) is 88.1 Å². The highest BCUT2D eigenvalue weighted by molar-refractivity contribution is 7.15. The average Bonchev–Trinajstić information content (AvgIpc) is 3.22. The number of nitrogens with two attached hydrogens (primary N) is 1. The zero-order valence-electron chi connectivity index (χ0n) is 14.2. The number of methoxy groups -OCH3 is 3. The lowest BCUT2D eigenvalue weighted by Crippen LogP contribution is -2.34. The van der Waals surface area contributed by atoms with Crippen LogP contribution >= 0.6 is 11.3 Å². The first-order valence-electron chi connectivity index (χ1n) is 7.59. The molecule has 1 unspecified atom stereocenters. The summed E-state index contributed by atoms with van der Waals surface area (Å²) in [6.07, 6.45) is 2.23. The van der Waals surface area contributed by atoms with Gasteiger partial charge in [-0.05, 0) is 18.2 Å². The molecule has 0 aliphatic carbocycles. The van der Waals surface area contributed by atoms with Crippen molar-refractivity contribution in [3.8, 4) is 22.8 Å². The van der Waals surface area contributed by atoms with Crippen LogP contribution in [0.1, 0.15) is 5.69 Å². The van der Waals surface area contributed by atoms with Gasteiger partial charge in [0, 0.05) is 23.6 Å². The molecule has 0 radical (unpaired) electrons. The van der Waals surface area contributed by atoms with E-state index >= 15 is 0 Å². The molecule has 0 saturated heterocycles. The fourth-order valence-electron chi connectivity index (χ4n) is 2.69. The van der Waals surface area contributed by atoms with Gasteiger partial charge in [0.15, 0.2) is 16.5 Å². The number of hydrogen-bond donors (Lipinski definition) is 1. The number of aromatic nitrogens is 2. The second-order valence-corrected chi connectivity index (χ2v) is 6.24. The molecule has 3 rings (SSSR count). The minimum atomic E-state index is -0.760. The Hall–Kier alpha value is -2.58. The Morgan fingerprint density at radius 1 is 1.28 bits per heavy atom. The highest BCUT2D eigenvalue weighted by Gasteiger charge is 2.22. The molecule has 2 heterocycles. The van der Waals surface area contributed by atoms with E-state index in [1.54, 1.807) is 14.2 Å². The third-order valence-electron chi connectivity index (χ3n) is 3.94. The van der Waals surface area contributed by atoms with Crippen molar-refractivity contribution in [3.63, 3.8) is 0 Å². The van der Waals surface area contributed by atoms with Crippen LogP contribution in [0.2, 0.25) is 0 Å². The molecule has 0 spiro atoms. The first-order chi connectivity index (χ1) is 12.1. The lowest BCUT2D eigenvalue weighted by molar-refractivity contribution is -0.142. The number of carbonyl (C=O) groups excluding carboxylic acids is 1. The molecule has 132 valence electrons. The molecule has 1 aromatic carbocycles. The molecule has 7 nitrogen and oxygen atoms in total. The van der Waals surface area contributed by atoms with Gasteiger partial charge in [-0.15, -0.1) is 11.3 Å². The van der Waals surface area contributed by atoms with E-state index in [4.69, 9.17) is 19.9 Å². The van der Waals surface area contributed by atoms with Crippen LogP contribution < -0.4 is 15.2 Å². The fourth-order valence-corrected chi connectivity index (χ4v) is 3.42. The summed E-state index contributed by atoms with van der Waals surface area (Å²) >= 11 is 1.51. The summed E-state index contributed by atoms with van der Waals surface area (Å²) in [5.74, 6) is 0.795. The third-order valence-corrected chi connectivity index (χ3v) is 4.69. The predicted octanol–water partition coefficient (Wildman–Crippen LogP) is 2.12. The van der Waals surface area contributed by atoms with Crippen molar-refractivity contribution in [2.75, 3.05) is 21.3 Å². The van der Waals surface area contributed by atoms with Crippen molar-refractivity contribution in [3.05, 3.63) is 35.5 Å². The van der Waals surface area contributed by atoms with Gasteiger partial charge in [0.1, 0.15) is 6.04 Å². The van der Waals surface area contributed by atoms with E-state index in [2.05, 4.69) is 4.98 Å². The molecule has 2 N–H and O–H groups in total. The summed E-state index contributed by atoms with van der Waals surface area (Å²) < 4.78 is 17.3. The number of esters is 1. The highest BCUT2D eigenvalue weighted by atomic mass is 32.1. The van der Waals surface area contributed by atoms with E-state index in [0.29, 0.717) is 17.9 Å². The monoisotopic (exact) mass is 361 g/mol. The van der Waals surface area contributed by atoms with Crippen molar-refractivity contribution in [2.45, 2.75) is 12.5 Å². The number of rotatable bonds is 6. The van der Waals surface area contributed by atoms with E-state index in [1.165, 1.54) is 18.4 Å². The van der Waals surface area contributed by atoms with Crippen LogP contribution in [0.3, 0.4) is 0 Å². The third kappa shape index (κ3) is 3.18. The molecule has 0 fully saturated rings. The number of carbonyl (C=O) groups is 1. The molecule has 0 saturated carbocycles. The van der Waals surface area contributed by atoms with Gasteiger partial charge >= 0.3 is 5.97 Å². The van der Waals surface area contributed by atoms with Gasteiger partial charge in [0.2, 0.25) is 0 Å². The molecule has 0 aliphatic rings. The van der Waals surface area contributed by atoms with Crippen LogP contribution in [0.25, 0.3) is 16.2 Å². The van der Waals surface area contributed by atoms with E-state index in [0.717, 1.165) is 21.9 Å². The zero-order chi connectivity index (χ0) is 18.0. The molecule has 3 aromatic rings. The molecular formula is C17H19N3O4S. The second kappa shape index (κ2) is 7.12. The van der Waals surface area contributed by atoms with Crippen LogP contribution in [0.4, 0.5) is 0 Å². The highest BCUT2D eigenvalue weighted by Crippen LogP contribution is 2.34. The summed E-state index contributed by atoms with van der Waals surface area (Å²) in [6, 6.07) is 4.83. The number of imidazole rings is 1. The summed E-state index contributed by atoms with van der Waals surface area (Å²) in [5.41, 5.74) is 8.44. The van der Waals surface area contributed by atoms with Crippen LogP contribution in [0.15, 0.2) is 29.8 Å². The van der Waals surface area contributed by atoms with Gasteiger partial charge < -0.3 is 19.9 Å². The molecule has 25 heavy (non-hydrogen) atoms. The summed E-state index contributed by atoms with van der Waals surface area (Å²) in [4.78, 5) is 17.3. The number of fused-ring (bicyclic) bond motifs is 1. The van der Waals surface area contributed by atoms with Gasteiger partial charge in [0.25, 0.3) is 0 Å². The SMILES string of the molecule is COC(=O)C(N)Cc1c(-c2ccc(OC)c(OC)c2)nc2sccn12. The molecule has 0 aliphatic heterocycles. The number of benzene rings is 1. The van der Waals surface area contributed by atoms with Gasteiger partial charge in [-0.2, -0.15) is 0 Å². The Kier molecular flexibility index (Phi) is 4.91. The quantitative estimate of drug-likeness (QED) is 0.677. The van der Waals surface area contributed by atoms with E-state index in [9.17, 15) is 4.79 Å². The average molecular weight is 361 g/mol. The maximum absolute atomic E-state index is 11.7. The first-order valence-corrected chi connectivity index (χ1v) is 8.47. The van der Waals surface area contributed by atoms with Gasteiger partial charge in [0.05, 0.1) is 32.7 Å². The van der Waals surface area contributed by atoms with E-state index < -0.39 is 12.0 Å². The minimum absolute atomic E-state index is 0.314. The largest absolute Gasteiger partial charge is 0.493 e. The first kappa shape index (κ1) is 17.2. The van der Waals surface area contributed by atoms with Gasteiger partial charge in [-0.3, -0.25) is 9.20 Å².